The molecule has 2 fully saturated rings. The molecule has 3 nitrogen and oxygen atoms in total. The fourth-order valence-corrected chi connectivity index (χ4v) is 2.06. The van der Waals surface area contributed by atoms with Crippen LogP contribution in [0.5, 0.6) is 0 Å². The van der Waals surface area contributed by atoms with Crippen LogP contribution in [-0.4, -0.2) is 42.4 Å². The van der Waals surface area contributed by atoms with Crippen molar-refractivity contribution in [2.45, 2.75) is 25.4 Å². The number of nitrogens with zero attached hydrogens (tertiary/aromatic N) is 1. The zero-order valence-corrected chi connectivity index (χ0v) is 6.84. The maximum absolute atomic E-state index is 11.1. The summed E-state index contributed by atoms with van der Waals surface area (Å²) in [6, 6.07) is 1.03. The minimum atomic E-state index is 0.408. The molecule has 2 saturated heterocycles. The maximum atomic E-state index is 11.1. The Labute approximate surface area is 66.8 Å². The van der Waals surface area contributed by atoms with Crippen LogP contribution < -0.4 is 5.32 Å². The average Bonchev–Trinajstić information content (AvgIpc) is 2.31. The van der Waals surface area contributed by atoms with Crippen LogP contribution in [0.1, 0.15) is 13.3 Å². The van der Waals surface area contributed by atoms with E-state index in [1.54, 1.807) is 0 Å². The SMILES string of the molecule is C[C@@H]1CNC[C@@H]2CC(=O)CN21. The lowest BCUT2D eigenvalue weighted by Crippen LogP contribution is -2.53. The smallest absolute Gasteiger partial charge is 0.148 e. The van der Waals surface area contributed by atoms with E-state index in [2.05, 4.69) is 17.1 Å². The van der Waals surface area contributed by atoms with E-state index < -0.39 is 0 Å². The highest BCUT2D eigenvalue weighted by Gasteiger charge is 2.35. The number of Topliss-reactive ketones (excluding diaryl/α,β-unsaturated/α-hetero) is 1. The van der Waals surface area contributed by atoms with Gasteiger partial charge in [0.05, 0.1) is 6.54 Å². The molecule has 2 atom stereocenters. The van der Waals surface area contributed by atoms with Crippen LogP contribution in [0.4, 0.5) is 0 Å². The molecule has 2 heterocycles. The summed E-state index contributed by atoms with van der Waals surface area (Å²) in [6.45, 7) is 4.89. The third-order valence-corrected chi connectivity index (χ3v) is 2.68. The molecule has 11 heavy (non-hydrogen) atoms. The van der Waals surface area contributed by atoms with Gasteiger partial charge >= 0.3 is 0 Å². The van der Waals surface area contributed by atoms with Gasteiger partial charge in [-0.1, -0.05) is 0 Å². The van der Waals surface area contributed by atoms with Crippen LogP contribution in [0, 0.1) is 0 Å². The van der Waals surface area contributed by atoms with Crippen LogP contribution in [0.15, 0.2) is 0 Å². The molecule has 0 aliphatic carbocycles. The number of ketones is 1. The van der Waals surface area contributed by atoms with Crippen molar-refractivity contribution in [3.8, 4) is 0 Å². The third kappa shape index (κ3) is 1.19. The van der Waals surface area contributed by atoms with Crippen molar-refractivity contribution >= 4 is 5.78 Å². The summed E-state index contributed by atoms with van der Waals surface area (Å²) in [7, 11) is 0. The number of fused-ring (bicyclic) bond motifs is 1. The number of hydrogen-bond acceptors (Lipinski definition) is 3. The average molecular weight is 154 g/mol. The van der Waals surface area contributed by atoms with Crippen molar-refractivity contribution in [2.75, 3.05) is 19.6 Å². The summed E-state index contributed by atoms with van der Waals surface area (Å²) in [5.74, 6) is 0.408. The van der Waals surface area contributed by atoms with Crippen LogP contribution in [0.3, 0.4) is 0 Å². The highest BCUT2D eigenvalue weighted by Crippen LogP contribution is 2.19. The minimum absolute atomic E-state index is 0.408. The molecule has 3 heteroatoms. The van der Waals surface area contributed by atoms with E-state index in [4.69, 9.17) is 0 Å². The first-order valence-corrected chi connectivity index (χ1v) is 4.25. The summed E-state index contributed by atoms with van der Waals surface area (Å²) >= 11 is 0. The van der Waals surface area contributed by atoms with Gasteiger partial charge in [0.15, 0.2) is 0 Å². The molecule has 2 rings (SSSR count). The first-order chi connectivity index (χ1) is 5.27. The van der Waals surface area contributed by atoms with E-state index in [-0.39, 0.29) is 0 Å². The summed E-state index contributed by atoms with van der Waals surface area (Å²) in [6.07, 6.45) is 0.761. The van der Waals surface area contributed by atoms with E-state index in [9.17, 15) is 4.79 Å². The van der Waals surface area contributed by atoms with E-state index in [0.717, 1.165) is 19.5 Å². The fourth-order valence-electron chi connectivity index (χ4n) is 2.06. The second-order valence-corrected chi connectivity index (χ2v) is 3.58. The largest absolute Gasteiger partial charge is 0.314 e. The number of rotatable bonds is 0. The highest BCUT2D eigenvalue weighted by molar-refractivity contribution is 5.83. The topological polar surface area (TPSA) is 32.3 Å². The molecular weight excluding hydrogens is 140 g/mol. The van der Waals surface area contributed by atoms with Crippen LogP contribution >= 0.6 is 0 Å². The molecular formula is C8H14N2O. The fraction of sp³-hybridized carbons (Fsp3) is 0.875. The Hall–Kier alpha value is -0.410. The lowest BCUT2D eigenvalue weighted by molar-refractivity contribution is -0.117. The van der Waals surface area contributed by atoms with E-state index >= 15 is 0 Å². The molecule has 0 amide bonds. The van der Waals surface area contributed by atoms with E-state index in [1.807, 2.05) is 0 Å². The molecule has 0 saturated carbocycles. The molecule has 0 unspecified atom stereocenters. The normalized spacial score (nSPS) is 39.2. The third-order valence-electron chi connectivity index (χ3n) is 2.68. The molecule has 0 bridgehead atoms. The Morgan fingerprint density at radius 1 is 1.55 bits per heavy atom. The lowest BCUT2D eigenvalue weighted by atomic mass is 10.1. The van der Waals surface area contributed by atoms with Gasteiger partial charge in [-0.3, -0.25) is 9.69 Å². The Balaban J connectivity index is 2.09. The number of hydrogen-bond donors (Lipinski definition) is 1. The Morgan fingerprint density at radius 3 is 3.09 bits per heavy atom. The van der Waals surface area contributed by atoms with Crippen LogP contribution in [0.2, 0.25) is 0 Å². The number of piperazine rings is 1. The standard InChI is InChI=1S/C8H14N2O/c1-6-3-9-4-7-2-8(11)5-10(6)7/h6-7,9H,2-5H2,1H3/t6-,7+/m1/s1. The predicted octanol–water partition coefficient (Wildman–Crippen LogP) is -0.378. The molecule has 0 aromatic carbocycles. The summed E-state index contributed by atoms with van der Waals surface area (Å²) in [5.41, 5.74) is 0. The van der Waals surface area contributed by atoms with Crippen molar-refractivity contribution in [1.29, 1.82) is 0 Å². The zero-order valence-electron chi connectivity index (χ0n) is 6.84. The van der Waals surface area contributed by atoms with Gasteiger partial charge in [0, 0.05) is 31.6 Å². The molecule has 0 spiro atoms. The van der Waals surface area contributed by atoms with Gasteiger partial charge in [-0.25, -0.2) is 0 Å². The van der Waals surface area contributed by atoms with Gasteiger partial charge in [0.25, 0.3) is 0 Å². The highest BCUT2D eigenvalue weighted by atomic mass is 16.1. The number of carbonyl (C=O) groups excluding carboxylic acids is 1. The number of nitrogens with one attached hydrogen (secondary N) is 1. The summed E-state index contributed by atoms with van der Waals surface area (Å²) < 4.78 is 0. The van der Waals surface area contributed by atoms with Crippen molar-refractivity contribution in [1.82, 2.24) is 10.2 Å². The molecule has 2 aliphatic rings. The Kier molecular flexibility index (Phi) is 1.69. The van der Waals surface area contributed by atoms with E-state index in [0.29, 0.717) is 24.4 Å². The molecule has 0 aromatic heterocycles. The maximum Gasteiger partial charge on any atom is 0.148 e. The summed E-state index contributed by atoms with van der Waals surface area (Å²) in [4.78, 5) is 13.4. The van der Waals surface area contributed by atoms with Crippen molar-refractivity contribution in [3.05, 3.63) is 0 Å². The second-order valence-electron chi connectivity index (χ2n) is 3.58. The van der Waals surface area contributed by atoms with Crippen molar-refractivity contribution in [2.24, 2.45) is 0 Å². The summed E-state index contributed by atoms with van der Waals surface area (Å²) in [5, 5.41) is 3.33. The van der Waals surface area contributed by atoms with Crippen molar-refractivity contribution < 1.29 is 4.79 Å². The molecule has 0 radical (unpaired) electrons. The lowest BCUT2D eigenvalue weighted by Gasteiger charge is -2.35. The van der Waals surface area contributed by atoms with Gasteiger partial charge < -0.3 is 5.32 Å². The number of carbonyl (C=O) groups is 1. The molecule has 1 N–H and O–H groups in total. The zero-order chi connectivity index (χ0) is 7.84. The van der Waals surface area contributed by atoms with E-state index in [1.165, 1.54) is 0 Å². The molecule has 2 aliphatic heterocycles. The van der Waals surface area contributed by atoms with Gasteiger partial charge in [0.2, 0.25) is 0 Å². The Morgan fingerprint density at radius 2 is 2.36 bits per heavy atom. The second kappa shape index (κ2) is 2.57. The van der Waals surface area contributed by atoms with Crippen LogP contribution in [-0.2, 0) is 4.79 Å². The van der Waals surface area contributed by atoms with Gasteiger partial charge in [-0.2, -0.15) is 0 Å². The first kappa shape index (κ1) is 7.25. The predicted molar refractivity (Wildman–Crippen MR) is 42.4 cm³/mol. The van der Waals surface area contributed by atoms with Gasteiger partial charge in [-0.05, 0) is 6.92 Å². The van der Waals surface area contributed by atoms with Gasteiger partial charge in [0.1, 0.15) is 5.78 Å². The van der Waals surface area contributed by atoms with Crippen LogP contribution in [0.25, 0.3) is 0 Å². The first-order valence-electron chi connectivity index (χ1n) is 4.25. The van der Waals surface area contributed by atoms with Gasteiger partial charge in [-0.15, -0.1) is 0 Å². The monoisotopic (exact) mass is 154 g/mol. The van der Waals surface area contributed by atoms with Crippen molar-refractivity contribution in [3.63, 3.8) is 0 Å². The minimum Gasteiger partial charge on any atom is -0.314 e. The molecule has 0 aromatic rings. The Bertz CT molecular complexity index is 181. The quantitative estimate of drug-likeness (QED) is 0.516. The molecule has 62 valence electrons.